The zero-order valence-corrected chi connectivity index (χ0v) is 12.4. The van der Waals surface area contributed by atoms with Crippen LogP contribution in [0.3, 0.4) is 0 Å². The predicted octanol–water partition coefficient (Wildman–Crippen LogP) is 2.98. The molecule has 0 spiro atoms. The molecule has 3 N–H and O–H groups in total. The van der Waals surface area contributed by atoms with Gasteiger partial charge in [-0.05, 0) is 31.6 Å². The molecule has 0 aromatic heterocycles. The van der Waals surface area contributed by atoms with E-state index in [0.717, 1.165) is 38.0 Å². The molecular formula is C16H30N2O. The summed E-state index contributed by atoms with van der Waals surface area (Å²) in [6, 6.07) is 0.367. The SMILES string of the molecule is CCC(CC1CC1)NC(=O)C1(CN)CCCCCC1. The number of hydrogen-bond acceptors (Lipinski definition) is 2. The van der Waals surface area contributed by atoms with Gasteiger partial charge in [-0.25, -0.2) is 0 Å². The van der Waals surface area contributed by atoms with Crippen LogP contribution in [-0.4, -0.2) is 18.5 Å². The monoisotopic (exact) mass is 266 g/mol. The Hall–Kier alpha value is -0.570. The van der Waals surface area contributed by atoms with Crippen LogP contribution in [0.15, 0.2) is 0 Å². The summed E-state index contributed by atoms with van der Waals surface area (Å²) in [5.74, 6) is 1.11. The summed E-state index contributed by atoms with van der Waals surface area (Å²) < 4.78 is 0. The van der Waals surface area contributed by atoms with Gasteiger partial charge < -0.3 is 11.1 Å². The molecule has 3 nitrogen and oxygen atoms in total. The number of amides is 1. The Morgan fingerprint density at radius 1 is 1.26 bits per heavy atom. The Morgan fingerprint density at radius 2 is 1.89 bits per heavy atom. The number of nitrogens with two attached hydrogens (primary N) is 1. The van der Waals surface area contributed by atoms with Crippen molar-refractivity contribution >= 4 is 5.91 Å². The maximum atomic E-state index is 12.7. The Balaban J connectivity index is 1.93. The van der Waals surface area contributed by atoms with E-state index >= 15 is 0 Å². The first-order valence-corrected chi connectivity index (χ1v) is 8.21. The summed E-state index contributed by atoms with van der Waals surface area (Å²) >= 11 is 0. The minimum atomic E-state index is -0.270. The van der Waals surface area contributed by atoms with Crippen LogP contribution in [0.4, 0.5) is 0 Å². The molecule has 2 fully saturated rings. The first-order valence-electron chi connectivity index (χ1n) is 8.21. The van der Waals surface area contributed by atoms with Crippen LogP contribution in [0.25, 0.3) is 0 Å². The highest BCUT2D eigenvalue weighted by atomic mass is 16.2. The van der Waals surface area contributed by atoms with E-state index in [2.05, 4.69) is 12.2 Å². The number of rotatable bonds is 6. The van der Waals surface area contributed by atoms with Crippen LogP contribution in [0.5, 0.6) is 0 Å². The molecule has 3 heteroatoms. The van der Waals surface area contributed by atoms with Crippen molar-refractivity contribution in [2.75, 3.05) is 6.54 Å². The molecule has 0 aromatic rings. The van der Waals surface area contributed by atoms with Crippen LogP contribution >= 0.6 is 0 Å². The van der Waals surface area contributed by atoms with Gasteiger partial charge in [0.25, 0.3) is 0 Å². The lowest BCUT2D eigenvalue weighted by molar-refractivity contribution is -0.132. The van der Waals surface area contributed by atoms with E-state index in [4.69, 9.17) is 5.73 Å². The molecule has 0 aliphatic heterocycles. The highest BCUT2D eigenvalue weighted by Gasteiger charge is 2.38. The summed E-state index contributed by atoms with van der Waals surface area (Å²) in [6.07, 6.45) is 11.7. The fourth-order valence-electron chi connectivity index (χ4n) is 3.35. The summed E-state index contributed by atoms with van der Waals surface area (Å²) in [5.41, 5.74) is 5.71. The summed E-state index contributed by atoms with van der Waals surface area (Å²) in [5, 5.41) is 3.31. The van der Waals surface area contributed by atoms with Crippen molar-refractivity contribution in [2.45, 2.75) is 77.2 Å². The summed E-state index contributed by atoms with van der Waals surface area (Å²) in [7, 11) is 0. The van der Waals surface area contributed by atoms with E-state index in [1.807, 2.05) is 0 Å². The average Bonchev–Trinajstić information content (AvgIpc) is 3.24. The molecule has 1 atom stereocenters. The summed E-state index contributed by atoms with van der Waals surface area (Å²) in [6.45, 7) is 2.69. The second-order valence-corrected chi connectivity index (χ2v) is 6.66. The molecule has 2 saturated carbocycles. The number of nitrogens with one attached hydrogen (secondary N) is 1. The van der Waals surface area contributed by atoms with Crippen LogP contribution in [0, 0.1) is 11.3 Å². The number of carbonyl (C=O) groups is 1. The lowest BCUT2D eigenvalue weighted by Crippen LogP contribution is -2.49. The summed E-state index contributed by atoms with van der Waals surface area (Å²) in [4.78, 5) is 12.7. The Labute approximate surface area is 117 Å². The molecule has 2 aliphatic rings. The molecule has 19 heavy (non-hydrogen) atoms. The van der Waals surface area contributed by atoms with Crippen molar-refractivity contribution in [3.63, 3.8) is 0 Å². The van der Waals surface area contributed by atoms with Gasteiger partial charge in [-0.15, -0.1) is 0 Å². The van der Waals surface area contributed by atoms with Crippen LogP contribution < -0.4 is 11.1 Å². The van der Waals surface area contributed by atoms with E-state index in [-0.39, 0.29) is 11.3 Å². The van der Waals surface area contributed by atoms with Crippen molar-refractivity contribution in [2.24, 2.45) is 17.1 Å². The first-order chi connectivity index (χ1) is 9.20. The van der Waals surface area contributed by atoms with E-state index in [1.54, 1.807) is 0 Å². The second-order valence-electron chi connectivity index (χ2n) is 6.66. The Bertz CT molecular complexity index is 291. The standard InChI is InChI=1S/C16H30N2O/c1-2-14(11-13-7-8-13)18-15(19)16(12-17)9-5-3-4-6-10-16/h13-14H,2-12,17H2,1H3,(H,18,19). The van der Waals surface area contributed by atoms with Crippen molar-refractivity contribution in [3.8, 4) is 0 Å². The Kier molecular flexibility index (Phi) is 5.26. The van der Waals surface area contributed by atoms with Crippen molar-refractivity contribution in [1.29, 1.82) is 0 Å². The molecule has 1 amide bonds. The van der Waals surface area contributed by atoms with E-state index < -0.39 is 0 Å². The maximum absolute atomic E-state index is 12.7. The van der Waals surface area contributed by atoms with E-state index in [1.165, 1.54) is 32.1 Å². The van der Waals surface area contributed by atoms with Gasteiger partial charge in [-0.2, -0.15) is 0 Å². The highest BCUT2D eigenvalue weighted by molar-refractivity contribution is 5.83. The van der Waals surface area contributed by atoms with Crippen molar-refractivity contribution < 1.29 is 4.79 Å². The van der Waals surface area contributed by atoms with Crippen molar-refractivity contribution in [3.05, 3.63) is 0 Å². The quantitative estimate of drug-likeness (QED) is 0.726. The van der Waals surface area contributed by atoms with Gasteiger partial charge in [0.1, 0.15) is 0 Å². The lowest BCUT2D eigenvalue weighted by Gasteiger charge is -2.32. The fourth-order valence-corrected chi connectivity index (χ4v) is 3.35. The molecule has 0 bridgehead atoms. The minimum Gasteiger partial charge on any atom is -0.353 e. The molecule has 0 saturated heterocycles. The van der Waals surface area contributed by atoms with E-state index in [0.29, 0.717) is 12.6 Å². The normalized spacial score (nSPS) is 24.5. The second kappa shape index (κ2) is 6.74. The molecule has 0 heterocycles. The Morgan fingerprint density at radius 3 is 2.37 bits per heavy atom. The third-order valence-electron chi connectivity index (χ3n) is 5.08. The van der Waals surface area contributed by atoms with Crippen LogP contribution in [0.1, 0.15) is 71.1 Å². The lowest BCUT2D eigenvalue weighted by atomic mass is 9.79. The van der Waals surface area contributed by atoms with Gasteiger partial charge in [-0.1, -0.05) is 45.4 Å². The fraction of sp³-hybridized carbons (Fsp3) is 0.938. The van der Waals surface area contributed by atoms with Crippen LogP contribution in [0.2, 0.25) is 0 Å². The first kappa shape index (κ1) is 14.8. The molecule has 0 radical (unpaired) electrons. The van der Waals surface area contributed by atoms with Gasteiger partial charge in [-0.3, -0.25) is 4.79 Å². The molecule has 2 aliphatic carbocycles. The van der Waals surface area contributed by atoms with E-state index in [9.17, 15) is 4.79 Å². The van der Waals surface area contributed by atoms with Crippen LogP contribution in [-0.2, 0) is 4.79 Å². The third kappa shape index (κ3) is 3.95. The number of hydrogen-bond donors (Lipinski definition) is 2. The van der Waals surface area contributed by atoms with Gasteiger partial charge in [0.15, 0.2) is 0 Å². The average molecular weight is 266 g/mol. The third-order valence-corrected chi connectivity index (χ3v) is 5.08. The molecule has 110 valence electrons. The van der Waals surface area contributed by atoms with Gasteiger partial charge >= 0.3 is 0 Å². The van der Waals surface area contributed by atoms with Gasteiger partial charge in [0, 0.05) is 12.6 Å². The number of carbonyl (C=O) groups excluding carboxylic acids is 1. The maximum Gasteiger partial charge on any atom is 0.227 e. The molecule has 2 rings (SSSR count). The van der Waals surface area contributed by atoms with Gasteiger partial charge in [0.2, 0.25) is 5.91 Å². The molecular weight excluding hydrogens is 236 g/mol. The van der Waals surface area contributed by atoms with Gasteiger partial charge in [0.05, 0.1) is 5.41 Å². The topological polar surface area (TPSA) is 55.1 Å². The zero-order valence-electron chi connectivity index (χ0n) is 12.4. The highest BCUT2D eigenvalue weighted by Crippen LogP contribution is 2.36. The minimum absolute atomic E-state index is 0.240. The smallest absolute Gasteiger partial charge is 0.227 e. The van der Waals surface area contributed by atoms with Crippen molar-refractivity contribution in [1.82, 2.24) is 5.32 Å². The molecule has 0 aromatic carbocycles. The predicted molar refractivity (Wildman–Crippen MR) is 78.8 cm³/mol. The largest absolute Gasteiger partial charge is 0.353 e. The zero-order chi connectivity index (χ0) is 13.7. The molecule has 1 unspecified atom stereocenters.